The molecule has 0 unspecified atom stereocenters. The van der Waals surface area contributed by atoms with Crippen molar-refractivity contribution in [3.8, 4) is 33.4 Å². The van der Waals surface area contributed by atoms with Crippen LogP contribution in [-0.4, -0.2) is 0 Å². The molecule has 242 valence electrons. The van der Waals surface area contributed by atoms with Gasteiger partial charge in [0.15, 0.2) is 0 Å². The third kappa shape index (κ3) is 4.71. The third-order valence-electron chi connectivity index (χ3n) is 10.9. The van der Waals surface area contributed by atoms with Crippen LogP contribution in [0.5, 0.6) is 0 Å². The Morgan fingerprint density at radius 2 is 1.06 bits per heavy atom. The van der Waals surface area contributed by atoms with Crippen LogP contribution in [0.25, 0.3) is 66.1 Å². The van der Waals surface area contributed by atoms with E-state index in [0.29, 0.717) is 0 Å². The van der Waals surface area contributed by atoms with Gasteiger partial charge in [-0.3, -0.25) is 0 Å². The van der Waals surface area contributed by atoms with E-state index < -0.39 is 0 Å². The van der Waals surface area contributed by atoms with E-state index in [4.69, 9.17) is 4.42 Å². The quantitative estimate of drug-likeness (QED) is 0.184. The van der Waals surface area contributed by atoms with Crippen LogP contribution in [0, 0.1) is 0 Å². The fraction of sp³-hybridized carbons (Fsp3) is 0.0612. The van der Waals surface area contributed by atoms with Gasteiger partial charge < -0.3 is 9.32 Å². The van der Waals surface area contributed by atoms with E-state index in [0.717, 1.165) is 33.3 Å². The van der Waals surface area contributed by atoms with Crippen molar-refractivity contribution in [1.29, 1.82) is 0 Å². The lowest BCUT2D eigenvalue weighted by Gasteiger charge is -2.29. The molecule has 1 aliphatic carbocycles. The van der Waals surface area contributed by atoms with Gasteiger partial charge in [0.05, 0.1) is 5.69 Å². The van der Waals surface area contributed by atoms with Crippen LogP contribution >= 0.6 is 0 Å². The fourth-order valence-electron chi connectivity index (χ4n) is 8.23. The molecule has 0 fully saturated rings. The Morgan fingerprint density at radius 1 is 0.431 bits per heavy atom. The highest BCUT2D eigenvalue weighted by molar-refractivity contribution is 6.10. The van der Waals surface area contributed by atoms with Crippen LogP contribution in [0.1, 0.15) is 25.0 Å². The molecule has 9 aromatic rings. The molecule has 0 saturated heterocycles. The van der Waals surface area contributed by atoms with E-state index in [-0.39, 0.29) is 5.41 Å². The number of furan rings is 1. The van der Waals surface area contributed by atoms with E-state index in [9.17, 15) is 0 Å². The van der Waals surface area contributed by atoms with Crippen LogP contribution < -0.4 is 4.90 Å². The van der Waals surface area contributed by atoms with Gasteiger partial charge in [-0.15, -0.1) is 0 Å². The van der Waals surface area contributed by atoms with Gasteiger partial charge in [-0.05, 0) is 104 Å². The second kappa shape index (κ2) is 11.3. The smallest absolute Gasteiger partial charge is 0.136 e. The summed E-state index contributed by atoms with van der Waals surface area (Å²) in [4.78, 5) is 2.43. The van der Waals surface area contributed by atoms with Crippen molar-refractivity contribution in [3.05, 3.63) is 187 Å². The molecule has 8 aromatic carbocycles. The van der Waals surface area contributed by atoms with Crippen LogP contribution in [-0.2, 0) is 5.41 Å². The zero-order valence-electron chi connectivity index (χ0n) is 28.6. The Hall–Kier alpha value is -6.38. The van der Waals surface area contributed by atoms with Gasteiger partial charge in [0, 0.05) is 33.1 Å². The summed E-state index contributed by atoms with van der Waals surface area (Å²) >= 11 is 0. The molecule has 1 aliphatic rings. The maximum atomic E-state index is 6.17. The Bertz CT molecular complexity index is 2750. The summed E-state index contributed by atoms with van der Waals surface area (Å²) < 4.78 is 6.17. The number of fused-ring (bicyclic) bond motifs is 7. The Balaban J connectivity index is 1.09. The third-order valence-corrected chi connectivity index (χ3v) is 10.9. The van der Waals surface area contributed by atoms with Gasteiger partial charge >= 0.3 is 0 Å². The molecule has 10 rings (SSSR count). The van der Waals surface area contributed by atoms with Crippen LogP contribution in [0.4, 0.5) is 17.1 Å². The summed E-state index contributed by atoms with van der Waals surface area (Å²) in [5, 5.41) is 4.68. The first-order valence-corrected chi connectivity index (χ1v) is 17.7. The van der Waals surface area contributed by atoms with Crippen molar-refractivity contribution in [2.45, 2.75) is 19.3 Å². The molecule has 2 heteroatoms. The maximum Gasteiger partial charge on any atom is 0.136 e. The second-order valence-corrected chi connectivity index (χ2v) is 14.2. The minimum atomic E-state index is -0.0843. The van der Waals surface area contributed by atoms with Gasteiger partial charge in [0.25, 0.3) is 0 Å². The molecule has 0 amide bonds. The van der Waals surface area contributed by atoms with Crippen LogP contribution in [0.15, 0.2) is 180 Å². The number of benzene rings is 8. The van der Waals surface area contributed by atoms with Gasteiger partial charge in [-0.2, -0.15) is 0 Å². The number of para-hydroxylation sites is 1. The summed E-state index contributed by atoms with van der Waals surface area (Å²) in [6, 6.07) is 63.8. The molecule has 1 heterocycles. The van der Waals surface area contributed by atoms with Gasteiger partial charge in [0.2, 0.25) is 0 Å². The van der Waals surface area contributed by atoms with Gasteiger partial charge in [0.1, 0.15) is 11.2 Å². The lowest BCUT2D eigenvalue weighted by molar-refractivity contribution is 0.660. The number of hydrogen-bond acceptors (Lipinski definition) is 2. The number of anilines is 3. The highest BCUT2D eigenvalue weighted by atomic mass is 16.3. The van der Waals surface area contributed by atoms with E-state index in [2.05, 4.69) is 183 Å². The van der Waals surface area contributed by atoms with E-state index >= 15 is 0 Å². The summed E-state index contributed by atoms with van der Waals surface area (Å²) in [5.41, 5.74) is 15.3. The predicted molar refractivity (Wildman–Crippen MR) is 214 cm³/mol. The van der Waals surface area contributed by atoms with Crippen LogP contribution in [0.3, 0.4) is 0 Å². The first-order chi connectivity index (χ1) is 25.0. The monoisotopic (exact) mass is 653 g/mol. The lowest BCUT2D eigenvalue weighted by Crippen LogP contribution is -2.16. The molecule has 0 radical (unpaired) electrons. The molecule has 0 saturated carbocycles. The molecule has 0 aliphatic heterocycles. The SMILES string of the molecule is CC1(C)c2ccccc2-c2c(N(c3ccc(-c4ccccc4)cc3)c3ccc(-c4ccc5cc6oc7ccccc7c6cc5c4)cc3)cccc21. The van der Waals surface area contributed by atoms with Crippen molar-refractivity contribution < 1.29 is 4.42 Å². The van der Waals surface area contributed by atoms with E-state index in [1.54, 1.807) is 0 Å². The van der Waals surface area contributed by atoms with Crippen LogP contribution in [0.2, 0.25) is 0 Å². The van der Waals surface area contributed by atoms with Crippen molar-refractivity contribution in [2.24, 2.45) is 0 Å². The van der Waals surface area contributed by atoms with Gasteiger partial charge in [-0.25, -0.2) is 0 Å². The highest BCUT2D eigenvalue weighted by Gasteiger charge is 2.37. The fourth-order valence-corrected chi connectivity index (χ4v) is 8.23. The summed E-state index contributed by atoms with van der Waals surface area (Å²) in [6.45, 7) is 4.69. The van der Waals surface area contributed by atoms with Gasteiger partial charge in [-0.1, -0.05) is 135 Å². The van der Waals surface area contributed by atoms with Crippen molar-refractivity contribution >= 4 is 49.8 Å². The average molecular weight is 654 g/mol. The highest BCUT2D eigenvalue weighted by Crippen LogP contribution is 2.54. The Morgan fingerprint density at radius 3 is 1.84 bits per heavy atom. The van der Waals surface area contributed by atoms with Crippen molar-refractivity contribution in [1.82, 2.24) is 0 Å². The zero-order chi connectivity index (χ0) is 34.1. The molecule has 0 spiro atoms. The maximum absolute atomic E-state index is 6.17. The zero-order valence-corrected chi connectivity index (χ0v) is 28.6. The standard InChI is InChI=1S/C49H35NO/c1-49(2)43-15-8-6-14-41(43)48-44(49)16-10-17-45(48)50(38-25-21-33(22-26-38)32-11-4-3-5-12-32)39-27-23-34(24-28-39)35-19-20-36-31-47-42(30-37(36)29-35)40-13-7-9-18-46(40)51-47/h3-31H,1-2H3. The van der Waals surface area contributed by atoms with E-state index in [1.807, 2.05) is 12.1 Å². The molecule has 51 heavy (non-hydrogen) atoms. The molecular weight excluding hydrogens is 619 g/mol. The molecule has 0 bridgehead atoms. The van der Waals surface area contributed by atoms with Crippen molar-refractivity contribution in [3.63, 3.8) is 0 Å². The largest absolute Gasteiger partial charge is 0.456 e. The molecule has 0 N–H and O–H groups in total. The first-order valence-electron chi connectivity index (χ1n) is 17.7. The average Bonchev–Trinajstić information content (AvgIpc) is 3.66. The summed E-state index contributed by atoms with van der Waals surface area (Å²) in [5.74, 6) is 0. The molecule has 2 nitrogen and oxygen atoms in total. The number of hydrogen-bond donors (Lipinski definition) is 0. The molecule has 0 atom stereocenters. The lowest BCUT2D eigenvalue weighted by atomic mass is 9.82. The normalized spacial score (nSPS) is 13.1. The summed E-state index contributed by atoms with van der Waals surface area (Å²) in [6.07, 6.45) is 0. The topological polar surface area (TPSA) is 16.4 Å². The molecular formula is C49H35NO. The Labute approximate surface area is 297 Å². The minimum Gasteiger partial charge on any atom is -0.456 e. The minimum absolute atomic E-state index is 0.0843. The van der Waals surface area contributed by atoms with Crippen molar-refractivity contribution in [2.75, 3.05) is 4.90 Å². The Kier molecular flexibility index (Phi) is 6.56. The predicted octanol–water partition coefficient (Wildman–Crippen LogP) is 13.8. The first kappa shape index (κ1) is 29.5. The number of nitrogens with zero attached hydrogens (tertiary/aromatic N) is 1. The molecule has 1 aromatic heterocycles. The summed E-state index contributed by atoms with van der Waals surface area (Å²) in [7, 11) is 0. The number of rotatable bonds is 5. The second-order valence-electron chi connectivity index (χ2n) is 14.2. The van der Waals surface area contributed by atoms with E-state index in [1.165, 1.54) is 61.0 Å².